The van der Waals surface area contributed by atoms with Crippen LogP contribution in [0.3, 0.4) is 0 Å². The Kier molecular flexibility index (Phi) is 6.29. The van der Waals surface area contributed by atoms with Gasteiger partial charge in [0.15, 0.2) is 5.96 Å². The smallest absolute Gasteiger partial charge is 0.191 e. The van der Waals surface area contributed by atoms with Gasteiger partial charge in [0.25, 0.3) is 0 Å². The van der Waals surface area contributed by atoms with Crippen LogP contribution in [0.2, 0.25) is 0 Å². The number of hydrogen-bond acceptors (Lipinski definition) is 3. The number of thioether (sulfide) groups is 1. The first-order valence-electron chi connectivity index (χ1n) is 6.70. The first-order chi connectivity index (χ1) is 8.50. The van der Waals surface area contributed by atoms with Gasteiger partial charge in [0.1, 0.15) is 0 Å². The third-order valence-corrected chi connectivity index (χ3v) is 4.75. The van der Waals surface area contributed by atoms with Gasteiger partial charge in [0.2, 0.25) is 0 Å². The maximum absolute atomic E-state index is 4.28. The van der Waals surface area contributed by atoms with Crippen molar-refractivity contribution in [1.82, 2.24) is 15.5 Å². The molecule has 5 heteroatoms. The summed E-state index contributed by atoms with van der Waals surface area (Å²) in [5.41, 5.74) is 0.278. The normalized spacial score (nSPS) is 24.9. The van der Waals surface area contributed by atoms with E-state index in [1.54, 1.807) is 0 Å². The van der Waals surface area contributed by atoms with E-state index in [-0.39, 0.29) is 5.54 Å². The van der Waals surface area contributed by atoms with Crippen molar-refractivity contribution >= 4 is 17.7 Å². The average molecular weight is 272 g/mol. The minimum Gasteiger partial charge on any atom is -0.356 e. The Balaban J connectivity index is 2.46. The van der Waals surface area contributed by atoms with Gasteiger partial charge in [0, 0.05) is 31.4 Å². The number of hydrogen-bond donors (Lipinski definition) is 2. The predicted molar refractivity (Wildman–Crippen MR) is 82.6 cm³/mol. The van der Waals surface area contributed by atoms with Crippen LogP contribution in [0.25, 0.3) is 0 Å². The molecule has 1 heterocycles. The summed E-state index contributed by atoms with van der Waals surface area (Å²) in [6.07, 6.45) is 1.25. The number of aliphatic imine (C=N–C) groups is 1. The van der Waals surface area contributed by atoms with E-state index in [0.29, 0.717) is 5.92 Å². The lowest BCUT2D eigenvalue weighted by Crippen LogP contribution is -2.55. The molecule has 0 radical (unpaired) electrons. The van der Waals surface area contributed by atoms with Crippen molar-refractivity contribution in [2.45, 2.75) is 25.8 Å². The molecule has 0 saturated carbocycles. The Bertz CT molecular complexity index is 270. The first-order valence-corrected chi connectivity index (χ1v) is 7.85. The van der Waals surface area contributed by atoms with E-state index in [2.05, 4.69) is 48.5 Å². The number of nitrogens with one attached hydrogen (secondary N) is 2. The van der Waals surface area contributed by atoms with E-state index in [0.717, 1.165) is 19.0 Å². The van der Waals surface area contributed by atoms with Gasteiger partial charge in [-0.2, -0.15) is 11.8 Å². The Morgan fingerprint density at radius 3 is 2.56 bits per heavy atom. The van der Waals surface area contributed by atoms with Crippen molar-refractivity contribution in [3.63, 3.8) is 0 Å². The maximum atomic E-state index is 4.28. The summed E-state index contributed by atoms with van der Waals surface area (Å²) in [5, 5.41) is 6.84. The zero-order chi connectivity index (χ0) is 13.6. The van der Waals surface area contributed by atoms with Gasteiger partial charge in [0.05, 0.1) is 0 Å². The van der Waals surface area contributed by atoms with Crippen LogP contribution in [0, 0.1) is 5.92 Å². The zero-order valence-corrected chi connectivity index (χ0v) is 13.2. The highest BCUT2D eigenvalue weighted by molar-refractivity contribution is 7.99. The Morgan fingerprint density at radius 1 is 1.39 bits per heavy atom. The van der Waals surface area contributed by atoms with Crippen molar-refractivity contribution in [1.29, 1.82) is 0 Å². The van der Waals surface area contributed by atoms with Gasteiger partial charge < -0.3 is 15.5 Å². The minimum absolute atomic E-state index is 0.278. The van der Waals surface area contributed by atoms with Gasteiger partial charge in [-0.15, -0.1) is 0 Å². The Morgan fingerprint density at radius 2 is 2.11 bits per heavy atom. The largest absolute Gasteiger partial charge is 0.356 e. The molecule has 0 aromatic heterocycles. The summed E-state index contributed by atoms with van der Waals surface area (Å²) < 4.78 is 0. The molecule has 0 aromatic carbocycles. The zero-order valence-electron chi connectivity index (χ0n) is 12.4. The number of likely N-dealkylation sites (N-methyl/N-ethyl adjacent to an activating group) is 1. The molecule has 0 spiro atoms. The summed E-state index contributed by atoms with van der Waals surface area (Å²) in [6.45, 7) is 6.33. The molecule has 1 unspecified atom stereocenters. The van der Waals surface area contributed by atoms with Gasteiger partial charge in [-0.3, -0.25) is 4.99 Å². The monoisotopic (exact) mass is 272 g/mol. The van der Waals surface area contributed by atoms with Crippen LogP contribution < -0.4 is 10.6 Å². The van der Waals surface area contributed by atoms with Crippen LogP contribution in [0.1, 0.15) is 20.3 Å². The molecule has 1 saturated heterocycles. The van der Waals surface area contributed by atoms with E-state index in [1.807, 2.05) is 18.8 Å². The number of rotatable bonds is 5. The molecule has 0 amide bonds. The lowest BCUT2D eigenvalue weighted by atomic mass is 9.97. The van der Waals surface area contributed by atoms with E-state index in [9.17, 15) is 0 Å². The molecule has 0 bridgehead atoms. The highest BCUT2D eigenvalue weighted by Gasteiger charge is 2.36. The number of guanidine groups is 1. The summed E-state index contributed by atoms with van der Waals surface area (Å²) in [5.74, 6) is 4.02. The first kappa shape index (κ1) is 15.6. The quantitative estimate of drug-likeness (QED) is 0.584. The topological polar surface area (TPSA) is 39.7 Å². The van der Waals surface area contributed by atoms with Gasteiger partial charge in [-0.05, 0) is 32.2 Å². The molecular formula is C13H28N4S. The second-order valence-electron chi connectivity index (χ2n) is 5.62. The Labute approximate surface area is 116 Å². The SMILES string of the molecule is CN=C(NCC(C)C)NCC1(N(C)C)CCSC1. The highest BCUT2D eigenvalue weighted by atomic mass is 32.2. The van der Waals surface area contributed by atoms with E-state index < -0.39 is 0 Å². The maximum Gasteiger partial charge on any atom is 0.191 e. The van der Waals surface area contributed by atoms with Crippen LogP contribution in [0.15, 0.2) is 4.99 Å². The third-order valence-electron chi connectivity index (χ3n) is 3.52. The van der Waals surface area contributed by atoms with Crippen LogP contribution in [0.4, 0.5) is 0 Å². The molecular weight excluding hydrogens is 244 g/mol. The molecule has 0 aliphatic carbocycles. The summed E-state index contributed by atoms with van der Waals surface area (Å²) in [6, 6.07) is 0. The third kappa shape index (κ3) is 4.35. The van der Waals surface area contributed by atoms with E-state index in [4.69, 9.17) is 0 Å². The molecule has 1 atom stereocenters. The van der Waals surface area contributed by atoms with Crippen LogP contribution in [-0.2, 0) is 0 Å². The van der Waals surface area contributed by atoms with Crippen LogP contribution >= 0.6 is 11.8 Å². The van der Waals surface area contributed by atoms with Crippen molar-refractivity contribution in [3.8, 4) is 0 Å². The molecule has 4 nitrogen and oxygen atoms in total. The molecule has 2 N–H and O–H groups in total. The predicted octanol–water partition coefficient (Wildman–Crippen LogP) is 1.24. The molecule has 1 fully saturated rings. The van der Waals surface area contributed by atoms with Crippen LogP contribution in [-0.4, -0.2) is 62.1 Å². The second kappa shape index (κ2) is 7.24. The standard InChI is InChI=1S/C13H28N4S/c1-11(2)8-15-12(14-3)16-9-13(17(4)5)6-7-18-10-13/h11H,6-10H2,1-5H3,(H2,14,15,16). The van der Waals surface area contributed by atoms with E-state index in [1.165, 1.54) is 17.9 Å². The number of nitrogens with zero attached hydrogens (tertiary/aromatic N) is 2. The Hall–Kier alpha value is -0.420. The molecule has 18 heavy (non-hydrogen) atoms. The molecule has 1 aliphatic heterocycles. The fourth-order valence-corrected chi connectivity index (χ4v) is 3.57. The van der Waals surface area contributed by atoms with Crippen molar-refractivity contribution in [3.05, 3.63) is 0 Å². The lowest BCUT2D eigenvalue weighted by molar-refractivity contribution is 0.183. The highest BCUT2D eigenvalue weighted by Crippen LogP contribution is 2.31. The minimum atomic E-state index is 0.278. The summed E-state index contributed by atoms with van der Waals surface area (Å²) in [7, 11) is 6.19. The molecule has 0 aromatic rings. The summed E-state index contributed by atoms with van der Waals surface area (Å²) >= 11 is 2.04. The van der Waals surface area contributed by atoms with Crippen molar-refractivity contribution < 1.29 is 0 Å². The van der Waals surface area contributed by atoms with Gasteiger partial charge in [-0.25, -0.2) is 0 Å². The van der Waals surface area contributed by atoms with Gasteiger partial charge in [-0.1, -0.05) is 13.8 Å². The second-order valence-corrected chi connectivity index (χ2v) is 6.73. The molecule has 1 rings (SSSR count). The average Bonchev–Trinajstić information content (AvgIpc) is 2.79. The van der Waals surface area contributed by atoms with Gasteiger partial charge >= 0.3 is 0 Å². The van der Waals surface area contributed by atoms with E-state index >= 15 is 0 Å². The fraction of sp³-hybridized carbons (Fsp3) is 0.923. The molecule has 1 aliphatic rings. The lowest BCUT2D eigenvalue weighted by Gasteiger charge is -2.36. The fourth-order valence-electron chi connectivity index (χ4n) is 2.02. The van der Waals surface area contributed by atoms with Crippen LogP contribution in [0.5, 0.6) is 0 Å². The summed E-state index contributed by atoms with van der Waals surface area (Å²) in [4.78, 5) is 6.64. The van der Waals surface area contributed by atoms with Crippen molar-refractivity contribution in [2.75, 3.05) is 45.7 Å². The molecule has 106 valence electrons. The van der Waals surface area contributed by atoms with Crippen molar-refractivity contribution in [2.24, 2.45) is 10.9 Å².